The molecule has 0 aromatic rings. The molecule has 10 heteroatoms. The van der Waals surface area contributed by atoms with Crippen LogP contribution in [0.3, 0.4) is 0 Å². The highest BCUT2D eigenvalue weighted by molar-refractivity contribution is 5.73. The van der Waals surface area contributed by atoms with Crippen LogP contribution in [0.25, 0.3) is 0 Å². The van der Waals surface area contributed by atoms with Gasteiger partial charge in [-0.05, 0) is 63.2 Å². The number of fused-ring (bicyclic) bond motifs is 3. The second-order valence-corrected chi connectivity index (χ2v) is 8.86. The average molecular weight is 440 g/mol. The molecule has 6 unspecified atom stereocenters. The van der Waals surface area contributed by atoms with Crippen molar-refractivity contribution in [3.63, 3.8) is 0 Å². The molecular weight excluding hydrogens is 415 g/mol. The highest BCUT2D eigenvalue weighted by atomic mass is 19.4. The summed E-state index contributed by atoms with van der Waals surface area (Å²) in [6.07, 6.45) is 0.0317. The van der Waals surface area contributed by atoms with E-state index in [-0.39, 0.29) is 37.5 Å². The Balaban J connectivity index is 1.55. The van der Waals surface area contributed by atoms with Gasteiger partial charge in [0.15, 0.2) is 6.79 Å². The van der Waals surface area contributed by atoms with Gasteiger partial charge in [0.1, 0.15) is 11.7 Å². The fraction of sp³-hybridized carbons (Fsp3) is 0.850. The summed E-state index contributed by atoms with van der Waals surface area (Å²) >= 11 is 0. The van der Waals surface area contributed by atoms with Crippen molar-refractivity contribution in [2.45, 2.75) is 81.0 Å². The number of carbonyl (C=O) groups is 1. The molecule has 1 N–H and O–H groups in total. The van der Waals surface area contributed by atoms with Crippen LogP contribution in [0.1, 0.15) is 51.4 Å². The van der Waals surface area contributed by atoms with Crippen LogP contribution < -0.4 is 0 Å². The smallest absolute Gasteiger partial charge is 0.449 e. The van der Waals surface area contributed by atoms with Gasteiger partial charge < -0.3 is 19.3 Å². The van der Waals surface area contributed by atoms with Crippen molar-refractivity contribution in [1.82, 2.24) is 0 Å². The van der Waals surface area contributed by atoms with E-state index >= 15 is 8.78 Å². The van der Waals surface area contributed by atoms with Crippen LogP contribution in [0.2, 0.25) is 0 Å². The van der Waals surface area contributed by atoms with Gasteiger partial charge >= 0.3 is 23.9 Å². The molecule has 0 aromatic carbocycles. The number of hydrogen-bond acceptors (Lipinski definition) is 5. The van der Waals surface area contributed by atoms with E-state index in [2.05, 4.69) is 4.74 Å². The van der Waals surface area contributed by atoms with Gasteiger partial charge in [0.05, 0.1) is 5.92 Å². The Kier molecular flexibility index (Phi) is 5.42. The van der Waals surface area contributed by atoms with Crippen LogP contribution >= 0.6 is 0 Å². The standard InChI is InChI=1S/C20H25F5O5/c21-18(22)17(28-11-29-19(18,27)20(23,24)25)7-6-12-8-14(17)10-15(9-12)30-16(26)13-4-2-1-3-5-13/h1-2,12-15,27H,3-11H2. The Labute approximate surface area is 170 Å². The number of hydrogen-bond donors (Lipinski definition) is 1. The van der Waals surface area contributed by atoms with E-state index < -0.39 is 48.3 Å². The molecule has 0 radical (unpaired) electrons. The van der Waals surface area contributed by atoms with Crippen LogP contribution in [0.5, 0.6) is 0 Å². The van der Waals surface area contributed by atoms with Crippen LogP contribution in [0, 0.1) is 17.8 Å². The molecule has 5 nitrogen and oxygen atoms in total. The Hall–Kier alpha value is -1.26. The predicted octanol–water partition coefficient (Wildman–Crippen LogP) is 4.09. The monoisotopic (exact) mass is 440 g/mol. The normalized spacial score (nSPS) is 43.4. The van der Waals surface area contributed by atoms with Gasteiger partial charge in [0.25, 0.3) is 0 Å². The molecule has 30 heavy (non-hydrogen) atoms. The van der Waals surface area contributed by atoms with Gasteiger partial charge in [-0.2, -0.15) is 22.0 Å². The van der Waals surface area contributed by atoms with E-state index in [0.717, 1.165) is 6.42 Å². The van der Waals surface area contributed by atoms with E-state index in [4.69, 9.17) is 9.47 Å². The fourth-order valence-corrected chi connectivity index (χ4v) is 5.53. The third-order valence-electron chi connectivity index (χ3n) is 7.16. The van der Waals surface area contributed by atoms with E-state index in [1.807, 2.05) is 12.2 Å². The lowest BCUT2D eigenvalue weighted by molar-refractivity contribution is -0.511. The molecule has 1 aliphatic heterocycles. The lowest BCUT2D eigenvalue weighted by atomic mass is 9.60. The molecule has 170 valence electrons. The molecular formula is C20H25F5O5. The minimum Gasteiger partial charge on any atom is -0.462 e. The van der Waals surface area contributed by atoms with Crippen molar-refractivity contribution >= 4 is 5.97 Å². The first-order chi connectivity index (χ1) is 14.0. The topological polar surface area (TPSA) is 65.0 Å². The number of halogens is 5. The van der Waals surface area contributed by atoms with Crippen LogP contribution in [-0.2, 0) is 19.0 Å². The van der Waals surface area contributed by atoms with Crippen LogP contribution in [0.15, 0.2) is 12.2 Å². The second-order valence-electron chi connectivity index (χ2n) is 8.86. The molecule has 6 atom stereocenters. The number of ether oxygens (including phenoxy) is 3. The van der Waals surface area contributed by atoms with E-state index in [0.29, 0.717) is 19.3 Å². The zero-order valence-corrected chi connectivity index (χ0v) is 16.3. The maximum absolute atomic E-state index is 15.2. The Morgan fingerprint density at radius 1 is 1.10 bits per heavy atom. The molecule has 4 aliphatic rings. The van der Waals surface area contributed by atoms with Crippen molar-refractivity contribution in [2.24, 2.45) is 17.8 Å². The molecule has 0 aromatic heterocycles. The number of allylic oxidation sites excluding steroid dienone is 2. The first kappa shape index (κ1) is 22.0. The first-order valence-corrected chi connectivity index (χ1v) is 10.3. The van der Waals surface area contributed by atoms with Gasteiger partial charge in [0, 0.05) is 0 Å². The van der Waals surface area contributed by atoms with E-state index in [1.54, 1.807) is 0 Å². The summed E-state index contributed by atoms with van der Waals surface area (Å²) in [5.41, 5.74) is -2.52. The minimum atomic E-state index is -5.70. The zero-order valence-electron chi connectivity index (χ0n) is 16.3. The van der Waals surface area contributed by atoms with Gasteiger partial charge in [0.2, 0.25) is 0 Å². The number of esters is 1. The lowest BCUT2D eigenvalue weighted by Crippen LogP contribution is -2.76. The SMILES string of the molecule is O=C(OC1CC2CCC3(OCOC(O)(C(F)(F)F)C3(F)F)C(C2)C1)C1CC=CCC1. The van der Waals surface area contributed by atoms with Crippen molar-refractivity contribution < 1.29 is 46.1 Å². The largest absolute Gasteiger partial charge is 0.462 e. The summed E-state index contributed by atoms with van der Waals surface area (Å²) in [6.45, 7) is -1.09. The van der Waals surface area contributed by atoms with Gasteiger partial charge in [-0.3, -0.25) is 4.79 Å². The summed E-state index contributed by atoms with van der Waals surface area (Å²) in [4.78, 5) is 12.5. The molecule has 3 fully saturated rings. The molecule has 2 bridgehead atoms. The Bertz CT molecular complexity index is 710. The summed E-state index contributed by atoms with van der Waals surface area (Å²) in [5.74, 6) is -11.1. The lowest BCUT2D eigenvalue weighted by Gasteiger charge is -2.58. The summed E-state index contributed by atoms with van der Waals surface area (Å²) in [5, 5.41) is 9.86. The fourth-order valence-electron chi connectivity index (χ4n) is 5.53. The molecule has 4 rings (SSSR count). The molecule has 1 spiro atoms. The van der Waals surface area contributed by atoms with Crippen molar-refractivity contribution in [3.05, 3.63) is 12.2 Å². The second kappa shape index (κ2) is 7.41. The van der Waals surface area contributed by atoms with Gasteiger partial charge in [-0.25, -0.2) is 0 Å². The average Bonchev–Trinajstić information content (AvgIpc) is 2.68. The van der Waals surface area contributed by atoms with Crippen molar-refractivity contribution in [2.75, 3.05) is 6.79 Å². The number of carbonyl (C=O) groups excluding carboxylic acids is 1. The van der Waals surface area contributed by atoms with Crippen LogP contribution in [-0.4, -0.2) is 47.5 Å². The summed E-state index contributed by atoms with van der Waals surface area (Å²) in [6, 6.07) is 0. The quantitative estimate of drug-likeness (QED) is 0.398. The molecule has 1 saturated heterocycles. The number of aliphatic hydroxyl groups is 1. The maximum atomic E-state index is 15.2. The maximum Gasteiger partial charge on any atom is 0.449 e. The van der Waals surface area contributed by atoms with E-state index in [1.165, 1.54) is 0 Å². The minimum absolute atomic E-state index is 0.0334. The predicted molar refractivity (Wildman–Crippen MR) is 92.1 cm³/mol. The highest BCUT2D eigenvalue weighted by Crippen LogP contribution is 2.61. The zero-order chi connectivity index (χ0) is 21.8. The van der Waals surface area contributed by atoms with Crippen molar-refractivity contribution in [3.8, 4) is 0 Å². The molecule has 2 saturated carbocycles. The Morgan fingerprint density at radius 2 is 1.87 bits per heavy atom. The molecule has 3 aliphatic carbocycles. The molecule has 0 amide bonds. The third-order valence-corrected chi connectivity index (χ3v) is 7.16. The van der Waals surface area contributed by atoms with Crippen LogP contribution in [0.4, 0.5) is 22.0 Å². The number of alkyl halides is 5. The van der Waals surface area contributed by atoms with Gasteiger partial charge in [-0.15, -0.1) is 0 Å². The third kappa shape index (κ3) is 3.26. The summed E-state index contributed by atoms with van der Waals surface area (Å²) in [7, 11) is 0. The van der Waals surface area contributed by atoms with Gasteiger partial charge in [-0.1, -0.05) is 12.2 Å². The Morgan fingerprint density at radius 3 is 2.53 bits per heavy atom. The van der Waals surface area contributed by atoms with E-state index in [9.17, 15) is 23.1 Å². The highest BCUT2D eigenvalue weighted by Gasteiger charge is 2.82. The first-order valence-electron chi connectivity index (χ1n) is 10.3. The van der Waals surface area contributed by atoms with Crippen molar-refractivity contribution in [1.29, 1.82) is 0 Å². The number of rotatable bonds is 2. The molecule has 1 heterocycles. The summed E-state index contributed by atoms with van der Waals surface area (Å²) < 4.78 is 85.3.